The number of aliphatic carboxylic acids is 1. The Hall–Kier alpha value is -2.57. The predicted molar refractivity (Wildman–Crippen MR) is 126 cm³/mol. The molecule has 2 aliphatic carbocycles. The molecule has 1 aromatic carbocycles. The molecule has 0 radical (unpaired) electrons. The van der Waals surface area contributed by atoms with Gasteiger partial charge in [-0.25, -0.2) is 0 Å². The van der Waals surface area contributed by atoms with Crippen molar-refractivity contribution in [1.82, 2.24) is 4.90 Å². The highest BCUT2D eigenvalue weighted by Gasteiger charge is 2.43. The lowest BCUT2D eigenvalue weighted by Crippen LogP contribution is -2.39. The minimum atomic E-state index is -0.917. The molecule has 1 heterocycles. The first-order valence-electron chi connectivity index (χ1n) is 11.1. The van der Waals surface area contributed by atoms with Crippen LogP contribution in [0.5, 0.6) is 5.75 Å². The highest BCUT2D eigenvalue weighted by molar-refractivity contribution is 6.37. The fraction of sp³-hybridized carbons (Fsp3) is 0.400. The van der Waals surface area contributed by atoms with Gasteiger partial charge in [0.05, 0.1) is 16.5 Å². The van der Waals surface area contributed by atoms with Crippen molar-refractivity contribution in [3.8, 4) is 5.75 Å². The zero-order chi connectivity index (χ0) is 23.7. The number of halogens is 2. The molecule has 0 aromatic heterocycles. The maximum atomic E-state index is 13.2. The van der Waals surface area contributed by atoms with E-state index in [1.807, 2.05) is 4.90 Å². The molecule has 0 unspecified atom stereocenters. The maximum absolute atomic E-state index is 13.2. The van der Waals surface area contributed by atoms with Gasteiger partial charge in [-0.05, 0) is 43.4 Å². The minimum Gasteiger partial charge on any atom is -0.486 e. The number of carboxylic acid groups (broad SMARTS) is 1. The Morgan fingerprint density at radius 1 is 1.06 bits per heavy atom. The van der Waals surface area contributed by atoms with E-state index in [0.717, 1.165) is 11.4 Å². The smallest absolute Gasteiger partial charge is 0.305 e. The van der Waals surface area contributed by atoms with Crippen molar-refractivity contribution >= 4 is 40.7 Å². The molecule has 33 heavy (non-hydrogen) atoms. The van der Waals surface area contributed by atoms with Gasteiger partial charge in [-0.1, -0.05) is 35.9 Å². The number of benzene rings is 1. The number of hydrogen-bond acceptors (Lipinski definition) is 5. The molecule has 4 rings (SSSR count). The summed E-state index contributed by atoms with van der Waals surface area (Å²) in [7, 11) is 0. The van der Waals surface area contributed by atoms with Crippen LogP contribution in [0.4, 0.5) is 0 Å². The maximum Gasteiger partial charge on any atom is 0.305 e. The van der Waals surface area contributed by atoms with Crippen molar-refractivity contribution in [1.29, 1.82) is 0 Å². The summed E-state index contributed by atoms with van der Waals surface area (Å²) in [6, 6.07) is 3.42. The van der Waals surface area contributed by atoms with E-state index >= 15 is 0 Å². The normalized spacial score (nSPS) is 18.9. The lowest BCUT2D eigenvalue weighted by Gasteiger charge is -2.44. The van der Waals surface area contributed by atoms with Gasteiger partial charge in [-0.15, -0.1) is 0 Å². The minimum absolute atomic E-state index is 0.0225. The van der Waals surface area contributed by atoms with Gasteiger partial charge in [0.25, 0.3) is 0 Å². The summed E-state index contributed by atoms with van der Waals surface area (Å²) in [5.41, 5.74) is 3.44. The summed E-state index contributed by atoms with van der Waals surface area (Å²) in [5.74, 6) is -1.20. The van der Waals surface area contributed by atoms with Crippen molar-refractivity contribution in [3.05, 3.63) is 62.9 Å². The first-order valence-corrected chi connectivity index (χ1v) is 11.8. The van der Waals surface area contributed by atoms with Crippen LogP contribution in [-0.2, 0) is 14.4 Å². The van der Waals surface area contributed by atoms with Crippen LogP contribution in [-0.4, -0.2) is 40.7 Å². The van der Waals surface area contributed by atoms with Gasteiger partial charge >= 0.3 is 5.97 Å². The largest absolute Gasteiger partial charge is 0.486 e. The Kier molecular flexibility index (Phi) is 6.96. The topological polar surface area (TPSA) is 83.9 Å². The van der Waals surface area contributed by atoms with Crippen LogP contribution in [0.15, 0.2) is 47.3 Å². The van der Waals surface area contributed by atoms with Crippen LogP contribution >= 0.6 is 23.2 Å². The lowest BCUT2D eigenvalue weighted by atomic mass is 9.71. The van der Waals surface area contributed by atoms with Gasteiger partial charge in [0, 0.05) is 47.8 Å². The van der Waals surface area contributed by atoms with E-state index in [1.165, 1.54) is 0 Å². The van der Waals surface area contributed by atoms with E-state index < -0.39 is 11.9 Å². The highest BCUT2D eigenvalue weighted by Crippen LogP contribution is 2.50. The summed E-state index contributed by atoms with van der Waals surface area (Å²) in [6.45, 7) is 4.10. The number of carbonyl (C=O) groups excluding carboxylic acids is 2. The number of nitrogens with zero attached hydrogens (tertiary/aromatic N) is 1. The molecule has 0 saturated carbocycles. The van der Waals surface area contributed by atoms with E-state index in [4.69, 9.17) is 27.9 Å². The molecule has 1 N–H and O–H groups in total. The Labute approximate surface area is 202 Å². The molecule has 8 heteroatoms. The molecular weight excluding hydrogens is 465 g/mol. The SMILES string of the molecule is C=CCOc1c(Cl)cc(C2C3=C(CCCC3=O)N(CCC(=O)O)C3=C2C(=O)CCC3)cc1Cl. The number of Topliss-reactive ketones (excluding diaryl/α,β-unsaturated/α-hetero) is 2. The summed E-state index contributed by atoms with van der Waals surface area (Å²) >= 11 is 13.0. The van der Waals surface area contributed by atoms with Crippen molar-refractivity contribution in [2.45, 2.75) is 50.9 Å². The number of carboxylic acids is 1. The summed E-state index contributed by atoms with van der Waals surface area (Å²) in [4.78, 5) is 39.7. The van der Waals surface area contributed by atoms with Gasteiger partial charge < -0.3 is 14.7 Å². The van der Waals surface area contributed by atoms with Gasteiger partial charge in [0.15, 0.2) is 17.3 Å². The van der Waals surface area contributed by atoms with Crippen LogP contribution in [0.3, 0.4) is 0 Å². The Balaban J connectivity index is 1.89. The van der Waals surface area contributed by atoms with Crippen LogP contribution < -0.4 is 4.74 Å². The fourth-order valence-electron chi connectivity index (χ4n) is 5.05. The second kappa shape index (κ2) is 9.74. The third kappa shape index (κ3) is 4.46. The van der Waals surface area contributed by atoms with E-state index in [9.17, 15) is 19.5 Å². The fourth-order valence-corrected chi connectivity index (χ4v) is 5.67. The standard InChI is InChI=1S/C25H25Cl2NO5/c1-2-11-33-25-15(26)12-14(13-16(25)27)22-23-17(5-3-7-19(23)29)28(10-9-21(31)32)18-6-4-8-20(30)24(18)22/h2,12-13,22H,1,3-11H2,(H,31,32). The number of rotatable bonds is 7. The highest BCUT2D eigenvalue weighted by atomic mass is 35.5. The van der Waals surface area contributed by atoms with Crippen LogP contribution in [0.2, 0.25) is 10.0 Å². The second-order valence-electron chi connectivity index (χ2n) is 8.42. The molecule has 0 fully saturated rings. The molecule has 0 saturated heterocycles. The molecule has 0 spiro atoms. The zero-order valence-corrected chi connectivity index (χ0v) is 19.7. The number of hydrogen-bond donors (Lipinski definition) is 1. The van der Waals surface area contributed by atoms with Gasteiger partial charge in [0.2, 0.25) is 0 Å². The summed E-state index contributed by atoms with van der Waals surface area (Å²) in [6.07, 6.45) is 4.99. The van der Waals surface area contributed by atoms with Crippen LogP contribution in [0, 0.1) is 0 Å². The zero-order valence-electron chi connectivity index (χ0n) is 18.2. The number of ketones is 2. The van der Waals surface area contributed by atoms with Crippen LogP contribution in [0.1, 0.15) is 56.4 Å². The summed E-state index contributed by atoms with van der Waals surface area (Å²) in [5, 5.41) is 9.87. The number of carbonyl (C=O) groups is 3. The molecule has 1 aliphatic heterocycles. The molecule has 0 bridgehead atoms. The molecule has 1 aromatic rings. The van der Waals surface area contributed by atoms with Gasteiger partial charge in [-0.2, -0.15) is 0 Å². The molecular formula is C25H25Cl2NO5. The Bertz CT molecular complexity index is 1040. The molecule has 0 amide bonds. The van der Waals surface area contributed by atoms with Crippen molar-refractivity contribution in [3.63, 3.8) is 0 Å². The first kappa shape index (κ1) is 23.6. The molecule has 3 aliphatic rings. The number of allylic oxidation sites excluding steroid dienone is 4. The van der Waals surface area contributed by atoms with Crippen molar-refractivity contribution in [2.75, 3.05) is 13.2 Å². The molecule has 6 nitrogen and oxygen atoms in total. The Morgan fingerprint density at radius 2 is 1.61 bits per heavy atom. The van der Waals surface area contributed by atoms with E-state index in [-0.39, 0.29) is 31.1 Å². The monoisotopic (exact) mass is 489 g/mol. The quantitative estimate of drug-likeness (QED) is 0.512. The second-order valence-corrected chi connectivity index (χ2v) is 9.23. The first-order chi connectivity index (χ1) is 15.8. The number of ether oxygens (including phenoxy) is 1. The average molecular weight is 490 g/mol. The van der Waals surface area contributed by atoms with Crippen LogP contribution in [0.25, 0.3) is 0 Å². The van der Waals surface area contributed by atoms with Crippen molar-refractivity contribution < 1.29 is 24.2 Å². The summed E-state index contributed by atoms with van der Waals surface area (Å²) < 4.78 is 5.58. The van der Waals surface area contributed by atoms with Gasteiger partial charge in [-0.3, -0.25) is 14.4 Å². The lowest BCUT2D eigenvalue weighted by molar-refractivity contribution is -0.137. The predicted octanol–water partition coefficient (Wildman–Crippen LogP) is 5.45. The van der Waals surface area contributed by atoms with Crippen molar-refractivity contribution in [2.24, 2.45) is 0 Å². The molecule has 174 valence electrons. The third-order valence-electron chi connectivity index (χ3n) is 6.34. The molecule has 0 atom stereocenters. The third-order valence-corrected chi connectivity index (χ3v) is 6.90. The average Bonchev–Trinajstić information content (AvgIpc) is 2.76. The Morgan fingerprint density at radius 3 is 2.09 bits per heavy atom. The van der Waals surface area contributed by atoms with E-state index in [2.05, 4.69) is 6.58 Å². The van der Waals surface area contributed by atoms with Gasteiger partial charge in [0.1, 0.15) is 6.61 Å². The van der Waals surface area contributed by atoms with E-state index in [1.54, 1.807) is 18.2 Å². The van der Waals surface area contributed by atoms with E-state index in [0.29, 0.717) is 71.0 Å².